The normalized spacial score (nSPS) is 38.9. The molecule has 2 saturated carbocycles. The van der Waals surface area contributed by atoms with E-state index < -0.39 is 0 Å². The van der Waals surface area contributed by atoms with Crippen molar-refractivity contribution in [3.63, 3.8) is 0 Å². The van der Waals surface area contributed by atoms with Crippen LogP contribution in [0.3, 0.4) is 0 Å². The summed E-state index contributed by atoms with van der Waals surface area (Å²) in [7, 11) is 0. The van der Waals surface area contributed by atoms with Crippen LogP contribution in [0.2, 0.25) is 0 Å². The Morgan fingerprint density at radius 1 is 1.32 bits per heavy atom. The van der Waals surface area contributed by atoms with Gasteiger partial charge in [-0.1, -0.05) is 13.0 Å². The molecule has 2 aliphatic carbocycles. The number of carbonyl (C=O) groups is 1. The molecule has 0 bridgehead atoms. The molecule has 1 N–H and O–H groups in total. The molecule has 0 heterocycles. The van der Waals surface area contributed by atoms with E-state index in [9.17, 15) is 9.90 Å². The second-order valence-corrected chi connectivity index (χ2v) is 6.17. The van der Waals surface area contributed by atoms with Gasteiger partial charge in [-0.05, 0) is 63.2 Å². The average Bonchev–Trinajstić information content (AvgIpc) is 2.76. The lowest BCUT2D eigenvalue weighted by atomic mass is 9.68. The molecule has 0 aromatic carbocycles. The van der Waals surface area contributed by atoms with E-state index in [1.54, 1.807) is 0 Å². The number of rotatable bonds is 3. The summed E-state index contributed by atoms with van der Waals surface area (Å²) in [5.41, 5.74) is 0.694. The minimum Gasteiger partial charge on any atom is -0.463 e. The van der Waals surface area contributed by atoms with E-state index in [2.05, 4.69) is 13.0 Å². The molecule has 2 aliphatic rings. The van der Waals surface area contributed by atoms with Gasteiger partial charge in [-0.3, -0.25) is 0 Å². The molecule has 0 saturated heterocycles. The number of hydrogen-bond acceptors (Lipinski definition) is 3. The number of hydrogen-bond donors (Lipinski definition) is 1. The zero-order valence-corrected chi connectivity index (χ0v) is 12.3. The quantitative estimate of drug-likeness (QED) is 0.631. The van der Waals surface area contributed by atoms with Gasteiger partial charge in [0.2, 0.25) is 0 Å². The largest absolute Gasteiger partial charge is 0.463 e. The van der Waals surface area contributed by atoms with Crippen LogP contribution in [-0.4, -0.2) is 23.8 Å². The van der Waals surface area contributed by atoms with E-state index in [0.29, 0.717) is 35.9 Å². The van der Waals surface area contributed by atoms with E-state index in [1.807, 2.05) is 13.8 Å². The maximum atomic E-state index is 11.7. The smallest absolute Gasteiger partial charge is 0.333 e. The highest BCUT2D eigenvalue weighted by Gasteiger charge is 2.44. The third-order valence-corrected chi connectivity index (χ3v) is 4.98. The van der Waals surface area contributed by atoms with Crippen LogP contribution < -0.4 is 0 Å². The molecule has 0 aromatic heterocycles. The van der Waals surface area contributed by atoms with Crippen molar-refractivity contribution in [3.05, 3.63) is 11.6 Å². The van der Waals surface area contributed by atoms with E-state index in [4.69, 9.17) is 4.74 Å². The first kappa shape index (κ1) is 14.6. The minimum absolute atomic E-state index is 0.191. The number of aliphatic hydroxyl groups excluding tert-OH is 1. The molecule has 0 aliphatic heterocycles. The van der Waals surface area contributed by atoms with Crippen LogP contribution in [0.15, 0.2) is 11.6 Å². The Bertz CT molecular complexity index is 361. The zero-order valence-electron chi connectivity index (χ0n) is 12.3. The van der Waals surface area contributed by atoms with Gasteiger partial charge in [0.25, 0.3) is 0 Å². The van der Waals surface area contributed by atoms with Crippen molar-refractivity contribution < 1.29 is 14.6 Å². The predicted molar refractivity (Wildman–Crippen MR) is 74.5 cm³/mol. The van der Waals surface area contributed by atoms with Gasteiger partial charge in [0.05, 0.1) is 12.7 Å². The summed E-state index contributed by atoms with van der Waals surface area (Å²) in [6.45, 7) is 6.37. The summed E-state index contributed by atoms with van der Waals surface area (Å²) in [5.74, 6) is 1.79. The monoisotopic (exact) mass is 266 g/mol. The fourth-order valence-corrected chi connectivity index (χ4v) is 3.99. The molecular formula is C16H26O3. The Morgan fingerprint density at radius 2 is 2.05 bits per heavy atom. The number of esters is 1. The lowest BCUT2D eigenvalue weighted by Gasteiger charge is -2.38. The van der Waals surface area contributed by atoms with Crippen molar-refractivity contribution >= 4 is 5.97 Å². The fraction of sp³-hybridized carbons (Fsp3) is 0.812. The van der Waals surface area contributed by atoms with Crippen LogP contribution in [0, 0.1) is 23.7 Å². The molecule has 5 atom stereocenters. The summed E-state index contributed by atoms with van der Waals surface area (Å²) in [5, 5.41) is 10.2. The maximum absolute atomic E-state index is 11.7. The van der Waals surface area contributed by atoms with Gasteiger partial charge < -0.3 is 9.84 Å². The lowest BCUT2D eigenvalue weighted by molar-refractivity contribution is -0.138. The molecule has 3 heteroatoms. The number of fused-ring (bicyclic) bond motifs is 1. The van der Waals surface area contributed by atoms with Gasteiger partial charge in [0, 0.05) is 5.57 Å². The molecule has 0 spiro atoms. The van der Waals surface area contributed by atoms with Crippen LogP contribution in [0.5, 0.6) is 0 Å². The summed E-state index contributed by atoms with van der Waals surface area (Å²) in [6, 6.07) is 0. The average molecular weight is 266 g/mol. The molecule has 19 heavy (non-hydrogen) atoms. The van der Waals surface area contributed by atoms with Gasteiger partial charge in [-0.2, -0.15) is 0 Å². The molecule has 0 radical (unpaired) electrons. The lowest BCUT2D eigenvalue weighted by Crippen LogP contribution is -2.34. The molecule has 0 amide bonds. The van der Waals surface area contributed by atoms with Crippen LogP contribution >= 0.6 is 0 Å². The second-order valence-electron chi connectivity index (χ2n) is 6.17. The maximum Gasteiger partial charge on any atom is 0.333 e. The number of allylic oxidation sites excluding steroid dienone is 1. The first-order valence-electron chi connectivity index (χ1n) is 7.58. The van der Waals surface area contributed by atoms with E-state index in [0.717, 1.165) is 19.3 Å². The Kier molecular flexibility index (Phi) is 4.67. The summed E-state index contributed by atoms with van der Waals surface area (Å²) < 4.78 is 5.03. The van der Waals surface area contributed by atoms with Gasteiger partial charge in [-0.15, -0.1) is 0 Å². The number of aliphatic hydroxyl groups is 1. The van der Waals surface area contributed by atoms with Crippen LogP contribution in [-0.2, 0) is 9.53 Å². The Balaban J connectivity index is 2.11. The van der Waals surface area contributed by atoms with Crippen molar-refractivity contribution in [3.8, 4) is 0 Å². The molecule has 2 rings (SSSR count). The van der Waals surface area contributed by atoms with Crippen LogP contribution in [0.25, 0.3) is 0 Å². The Hall–Kier alpha value is -0.830. The van der Waals surface area contributed by atoms with E-state index >= 15 is 0 Å². The first-order chi connectivity index (χ1) is 9.04. The summed E-state index contributed by atoms with van der Waals surface area (Å²) in [4.78, 5) is 11.7. The number of ether oxygens (including phenoxy) is 1. The standard InChI is InChI=1S/C16H26O3/c1-4-19-16(18)11(3)9-12-6-5-10(2)13-7-8-14(17)15(12)13/h9-10,12-15,17H,4-8H2,1-3H3/b11-9+/t10-,12+,13-,14+,15+/m1/s1. The third kappa shape index (κ3) is 3.02. The van der Waals surface area contributed by atoms with Gasteiger partial charge >= 0.3 is 5.97 Å². The fourth-order valence-electron chi connectivity index (χ4n) is 3.99. The van der Waals surface area contributed by atoms with Gasteiger partial charge in [-0.25, -0.2) is 4.79 Å². The van der Waals surface area contributed by atoms with Crippen LogP contribution in [0.4, 0.5) is 0 Å². The third-order valence-electron chi connectivity index (χ3n) is 4.98. The summed E-state index contributed by atoms with van der Waals surface area (Å²) in [6.07, 6.45) is 6.19. The van der Waals surface area contributed by atoms with Crippen molar-refractivity contribution in [2.75, 3.05) is 6.61 Å². The molecule has 2 fully saturated rings. The molecule has 0 aromatic rings. The molecule has 3 nitrogen and oxygen atoms in total. The van der Waals surface area contributed by atoms with Crippen molar-refractivity contribution in [2.24, 2.45) is 23.7 Å². The summed E-state index contributed by atoms with van der Waals surface area (Å²) >= 11 is 0. The van der Waals surface area contributed by atoms with Crippen molar-refractivity contribution in [2.45, 2.75) is 52.6 Å². The van der Waals surface area contributed by atoms with E-state index in [-0.39, 0.29) is 12.1 Å². The minimum atomic E-state index is -0.217. The highest BCUT2D eigenvalue weighted by molar-refractivity contribution is 5.87. The van der Waals surface area contributed by atoms with Gasteiger partial charge in [0.15, 0.2) is 0 Å². The first-order valence-corrected chi connectivity index (χ1v) is 7.58. The van der Waals surface area contributed by atoms with Crippen LogP contribution in [0.1, 0.15) is 46.5 Å². The Morgan fingerprint density at radius 3 is 2.74 bits per heavy atom. The number of carbonyl (C=O) groups excluding carboxylic acids is 1. The Labute approximate surface area is 116 Å². The zero-order chi connectivity index (χ0) is 14.0. The second kappa shape index (κ2) is 6.08. The molecule has 0 unspecified atom stereocenters. The SMILES string of the molecule is CCOC(=O)/C(C)=C/[C@@H]1CC[C@@H](C)[C@H]2CC[C@H](O)[C@H]21. The van der Waals surface area contributed by atoms with E-state index in [1.165, 1.54) is 6.42 Å². The van der Waals surface area contributed by atoms with Gasteiger partial charge in [0.1, 0.15) is 0 Å². The topological polar surface area (TPSA) is 46.5 Å². The highest BCUT2D eigenvalue weighted by Crippen LogP contribution is 2.49. The molecular weight excluding hydrogens is 240 g/mol. The predicted octanol–water partition coefficient (Wildman–Crippen LogP) is 2.93. The molecule has 108 valence electrons. The highest BCUT2D eigenvalue weighted by atomic mass is 16.5. The van der Waals surface area contributed by atoms with Crippen molar-refractivity contribution in [1.82, 2.24) is 0 Å². The van der Waals surface area contributed by atoms with Crippen molar-refractivity contribution in [1.29, 1.82) is 0 Å².